The summed E-state index contributed by atoms with van der Waals surface area (Å²) < 4.78 is 17.0. The lowest BCUT2D eigenvalue weighted by Gasteiger charge is -2.43. The first-order chi connectivity index (χ1) is 15.7. The maximum Gasteiger partial charge on any atom is 0.416 e. The molecule has 0 unspecified atom stereocenters. The monoisotopic (exact) mass is 491 g/mol. The van der Waals surface area contributed by atoms with E-state index in [-0.39, 0.29) is 35.5 Å². The number of nitrogens with zero attached hydrogens (tertiary/aromatic N) is 1. The SMILES string of the molecule is COC(=O)[C@H](C)[C@@H](C)[C@@H](O[Si](C)(C)C(C)(C)C)[C@H](C)C(=O)N1C(=O)OC[C@@H]1Cc1ccccc1. The van der Waals surface area contributed by atoms with Crippen molar-refractivity contribution in [3.63, 3.8) is 0 Å². The highest BCUT2D eigenvalue weighted by molar-refractivity contribution is 6.74. The van der Waals surface area contributed by atoms with E-state index in [4.69, 9.17) is 13.9 Å². The van der Waals surface area contributed by atoms with Crippen LogP contribution in [-0.4, -0.2) is 57.0 Å². The van der Waals surface area contributed by atoms with Crippen LogP contribution in [0, 0.1) is 17.8 Å². The van der Waals surface area contributed by atoms with Crippen molar-refractivity contribution in [3.05, 3.63) is 35.9 Å². The third-order valence-corrected chi connectivity index (χ3v) is 12.0. The number of rotatable bonds is 9. The summed E-state index contributed by atoms with van der Waals surface area (Å²) in [6, 6.07) is 9.35. The molecule has 1 fully saturated rings. The molecule has 0 saturated carbocycles. The number of carbonyl (C=O) groups excluding carboxylic acids is 3. The molecule has 1 aromatic rings. The average Bonchev–Trinajstić information content (AvgIpc) is 3.14. The zero-order chi connectivity index (χ0) is 25.8. The zero-order valence-corrected chi connectivity index (χ0v) is 23.1. The Morgan fingerprint density at radius 1 is 1.12 bits per heavy atom. The smallest absolute Gasteiger partial charge is 0.416 e. The van der Waals surface area contributed by atoms with Gasteiger partial charge in [0.1, 0.15) is 6.61 Å². The third kappa shape index (κ3) is 6.27. The van der Waals surface area contributed by atoms with Crippen molar-refractivity contribution in [3.8, 4) is 0 Å². The molecule has 2 amide bonds. The summed E-state index contributed by atoms with van der Waals surface area (Å²) in [6.07, 6.45) is -0.668. The van der Waals surface area contributed by atoms with Crippen LogP contribution in [-0.2, 0) is 29.9 Å². The van der Waals surface area contributed by atoms with E-state index in [0.717, 1.165) is 5.56 Å². The Balaban J connectivity index is 2.35. The Morgan fingerprint density at radius 2 is 1.71 bits per heavy atom. The highest BCUT2D eigenvalue weighted by atomic mass is 28.4. The summed E-state index contributed by atoms with van der Waals surface area (Å²) in [4.78, 5) is 40.0. The molecular weight excluding hydrogens is 450 g/mol. The van der Waals surface area contributed by atoms with Gasteiger partial charge in [-0.2, -0.15) is 0 Å². The summed E-state index contributed by atoms with van der Waals surface area (Å²) in [5.41, 5.74) is 1.03. The van der Waals surface area contributed by atoms with Gasteiger partial charge in [-0.05, 0) is 36.0 Å². The minimum absolute atomic E-state index is 0.0926. The normalized spacial score (nSPS) is 20.3. The van der Waals surface area contributed by atoms with Gasteiger partial charge in [0.05, 0.1) is 31.1 Å². The molecule has 0 radical (unpaired) electrons. The molecule has 0 aliphatic carbocycles. The summed E-state index contributed by atoms with van der Waals surface area (Å²) in [7, 11) is -0.944. The summed E-state index contributed by atoms with van der Waals surface area (Å²) in [6.45, 7) is 16.3. The first-order valence-corrected chi connectivity index (χ1v) is 14.9. The molecule has 1 aromatic carbocycles. The molecule has 1 heterocycles. The lowest BCUT2D eigenvalue weighted by molar-refractivity contribution is -0.150. The molecule has 0 bridgehead atoms. The molecule has 1 aliphatic rings. The maximum absolute atomic E-state index is 13.7. The molecule has 8 heteroatoms. The molecule has 190 valence electrons. The van der Waals surface area contributed by atoms with Crippen LogP contribution in [0.5, 0.6) is 0 Å². The second-order valence-corrected chi connectivity index (χ2v) is 15.7. The zero-order valence-electron chi connectivity index (χ0n) is 22.1. The number of hydrogen-bond donors (Lipinski definition) is 0. The van der Waals surface area contributed by atoms with Crippen molar-refractivity contribution in [1.29, 1.82) is 0 Å². The molecule has 7 nitrogen and oxygen atoms in total. The lowest BCUT2D eigenvalue weighted by atomic mass is 9.84. The first kappa shape index (κ1) is 28.0. The Morgan fingerprint density at radius 3 is 2.24 bits per heavy atom. The van der Waals surface area contributed by atoms with Gasteiger partial charge in [0.2, 0.25) is 5.91 Å². The predicted octanol–water partition coefficient (Wildman–Crippen LogP) is 5.05. The van der Waals surface area contributed by atoms with Gasteiger partial charge in [-0.1, -0.05) is 71.9 Å². The maximum atomic E-state index is 13.7. The van der Waals surface area contributed by atoms with Crippen LogP contribution >= 0.6 is 0 Å². The topological polar surface area (TPSA) is 82.1 Å². The van der Waals surface area contributed by atoms with Gasteiger partial charge in [0.15, 0.2) is 8.32 Å². The van der Waals surface area contributed by atoms with Gasteiger partial charge in [-0.25, -0.2) is 9.69 Å². The van der Waals surface area contributed by atoms with Gasteiger partial charge in [0.25, 0.3) is 0 Å². The molecule has 2 rings (SSSR count). The Bertz CT molecular complexity index is 866. The Kier molecular flexibility index (Phi) is 9.10. The van der Waals surface area contributed by atoms with E-state index >= 15 is 0 Å². The summed E-state index contributed by atoms with van der Waals surface area (Å²) in [5.74, 6) is -2.11. The molecule has 0 aromatic heterocycles. The van der Waals surface area contributed by atoms with Crippen molar-refractivity contribution >= 4 is 26.3 Å². The lowest BCUT2D eigenvalue weighted by Crippen LogP contribution is -2.53. The van der Waals surface area contributed by atoms with Gasteiger partial charge in [-0.15, -0.1) is 0 Å². The minimum Gasteiger partial charge on any atom is -0.469 e. The molecule has 1 saturated heterocycles. The summed E-state index contributed by atoms with van der Waals surface area (Å²) >= 11 is 0. The molecule has 0 spiro atoms. The van der Waals surface area contributed by atoms with Crippen LogP contribution in [0.3, 0.4) is 0 Å². The molecule has 0 N–H and O–H groups in total. The van der Waals surface area contributed by atoms with Crippen molar-refractivity contribution in [2.45, 2.75) is 78.2 Å². The van der Waals surface area contributed by atoms with Crippen molar-refractivity contribution in [1.82, 2.24) is 4.90 Å². The van der Waals surface area contributed by atoms with Gasteiger partial charge in [-0.3, -0.25) is 9.59 Å². The van der Waals surface area contributed by atoms with Crippen molar-refractivity contribution < 1.29 is 28.3 Å². The minimum atomic E-state index is -2.30. The quantitative estimate of drug-likeness (QED) is 0.355. The fourth-order valence-electron chi connectivity index (χ4n) is 3.99. The number of benzene rings is 1. The van der Waals surface area contributed by atoms with Crippen molar-refractivity contribution in [2.24, 2.45) is 17.8 Å². The molecule has 1 aliphatic heterocycles. The van der Waals surface area contributed by atoms with Crippen LogP contribution in [0.4, 0.5) is 4.79 Å². The molecular formula is C26H41NO6Si. The second-order valence-electron chi connectivity index (χ2n) is 10.9. The van der Waals surface area contributed by atoms with E-state index in [1.165, 1.54) is 12.0 Å². The van der Waals surface area contributed by atoms with E-state index in [1.807, 2.05) is 37.3 Å². The van der Waals surface area contributed by atoms with Crippen LogP contribution in [0.15, 0.2) is 30.3 Å². The highest BCUT2D eigenvalue weighted by Crippen LogP contribution is 2.40. The Labute approximate surface area is 205 Å². The molecule has 34 heavy (non-hydrogen) atoms. The Hall–Kier alpha value is -2.19. The fourth-order valence-corrected chi connectivity index (χ4v) is 5.45. The number of imide groups is 1. The number of amides is 2. The third-order valence-electron chi connectivity index (χ3n) is 7.51. The summed E-state index contributed by atoms with van der Waals surface area (Å²) in [5, 5.41) is -0.0926. The van der Waals surface area contributed by atoms with Gasteiger partial charge < -0.3 is 13.9 Å². The van der Waals surface area contributed by atoms with Crippen LogP contribution in [0.2, 0.25) is 18.1 Å². The number of cyclic esters (lactones) is 1. The van der Waals surface area contributed by atoms with Crippen LogP contribution in [0.1, 0.15) is 47.1 Å². The average molecular weight is 492 g/mol. The van der Waals surface area contributed by atoms with E-state index in [0.29, 0.717) is 6.42 Å². The molecule has 5 atom stereocenters. The number of carbonyl (C=O) groups is 3. The standard InChI is InChI=1S/C26H41NO6Si/c1-17(18(2)24(29)31-7)22(33-34(8,9)26(4,5)6)19(3)23(28)27-21(16-32-25(27)30)15-20-13-11-10-12-14-20/h10-14,17-19,21-22H,15-16H2,1-9H3/t17-,18-,19+,21+,22-/m1/s1. The van der Waals surface area contributed by atoms with Gasteiger partial charge in [0, 0.05) is 0 Å². The second kappa shape index (κ2) is 11.0. The van der Waals surface area contributed by atoms with E-state index < -0.39 is 32.4 Å². The van der Waals surface area contributed by atoms with E-state index in [2.05, 4.69) is 33.9 Å². The number of ether oxygens (including phenoxy) is 2. The highest BCUT2D eigenvalue weighted by Gasteiger charge is 2.47. The first-order valence-electron chi connectivity index (χ1n) is 12.0. The fraction of sp³-hybridized carbons (Fsp3) is 0.654. The number of methoxy groups -OCH3 is 1. The van der Waals surface area contributed by atoms with Crippen molar-refractivity contribution in [2.75, 3.05) is 13.7 Å². The largest absolute Gasteiger partial charge is 0.469 e. The number of esters is 1. The van der Waals surface area contributed by atoms with Crippen LogP contribution < -0.4 is 0 Å². The van der Waals surface area contributed by atoms with Crippen LogP contribution in [0.25, 0.3) is 0 Å². The van der Waals surface area contributed by atoms with E-state index in [9.17, 15) is 14.4 Å². The van der Waals surface area contributed by atoms with Gasteiger partial charge >= 0.3 is 12.1 Å². The number of hydrogen-bond acceptors (Lipinski definition) is 6. The predicted molar refractivity (Wildman–Crippen MR) is 134 cm³/mol. The van der Waals surface area contributed by atoms with E-state index in [1.54, 1.807) is 13.8 Å².